The number of methoxy groups -OCH3 is 1. The van der Waals surface area contributed by atoms with E-state index < -0.39 is 24.0 Å². The number of nitrogens with zero attached hydrogens (tertiary/aromatic N) is 1. The second-order valence-electron chi connectivity index (χ2n) is 9.78. The van der Waals surface area contributed by atoms with Crippen LogP contribution in [0.3, 0.4) is 0 Å². The molecule has 2 aliphatic rings. The molecule has 1 aromatic heterocycles. The van der Waals surface area contributed by atoms with Crippen LogP contribution in [0.25, 0.3) is 0 Å². The molecule has 33 heavy (non-hydrogen) atoms. The highest BCUT2D eigenvalue weighted by Gasteiger charge is 2.36. The van der Waals surface area contributed by atoms with Crippen LogP contribution in [0, 0.1) is 17.8 Å². The number of cyclic esters (lactones) is 1. The molecule has 0 bridgehead atoms. The lowest BCUT2D eigenvalue weighted by Crippen LogP contribution is -2.44. The van der Waals surface area contributed by atoms with Crippen LogP contribution in [0.4, 0.5) is 0 Å². The number of carbonyl (C=O) groups is 2. The zero-order valence-electron chi connectivity index (χ0n) is 20.2. The summed E-state index contributed by atoms with van der Waals surface area (Å²) in [6, 6.07) is 0.640. The molecule has 184 valence electrons. The Bertz CT molecular complexity index is 810. The number of carbonyl (C=O) groups excluding carboxylic acids is 2. The first-order chi connectivity index (χ1) is 15.8. The zero-order valence-corrected chi connectivity index (χ0v) is 20.2. The predicted molar refractivity (Wildman–Crippen MR) is 123 cm³/mol. The normalized spacial score (nSPS) is 26.2. The Balaban J connectivity index is 1.71. The lowest BCUT2D eigenvalue weighted by atomic mass is 9.86. The first kappa shape index (κ1) is 25.3. The van der Waals surface area contributed by atoms with Crippen molar-refractivity contribution >= 4 is 11.9 Å². The lowest BCUT2D eigenvalue weighted by molar-refractivity contribution is -0.161. The number of aromatic hydroxyl groups is 1. The first-order valence-corrected chi connectivity index (χ1v) is 12.1. The van der Waals surface area contributed by atoms with E-state index in [1.807, 2.05) is 6.92 Å². The quantitative estimate of drug-likeness (QED) is 0.537. The maximum Gasteiger partial charge on any atom is 0.329 e. The number of hydrogen-bond donors (Lipinski definition) is 2. The second-order valence-corrected chi connectivity index (χ2v) is 9.78. The molecular formula is C25H38N2O6. The number of esters is 1. The summed E-state index contributed by atoms with van der Waals surface area (Å²) >= 11 is 0. The molecule has 2 heterocycles. The molecule has 0 radical (unpaired) electrons. The molecule has 1 aliphatic heterocycles. The predicted octanol–water partition coefficient (Wildman–Crippen LogP) is 3.86. The van der Waals surface area contributed by atoms with Crippen molar-refractivity contribution in [2.45, 2.75) is 84.0 Å². The van der Waals surface area contributed by atoms with E-state index in [4.69, 9.17) is 14.2 Å². The molecule has 1 aliphatic carbocycles. The molecule has 1 saturated carbocycles. The van der Waals surface area contributed by atoms with Gasteiger partial charge in [0.1, 0.15) is 12.1 Å². The Hall–Kier alpha value is -2.35. The molecule has 4 unspecified atom stereocenters. The fourth-order valence-electron chi connectivity index (χ4n) is 4.37. The van der Waals surface area contributed by atoms with Crippen molar-refractivity contribution in [2.24, 2.45) is 17.8 Å². The lowest BCUT2D eigenvalue weighted by Gasteiger charge is -2.31. The zero-order chi connectivity index (χ0) is 24.0. The molecule has 1 aromatic rings. The number of ether oxygens (including phenoxy) is 3. The molecule has 2 fully saturated rings. The Morgan fingerprint density at radius 3 is 2.73 bits per heavy atom. The largest absolute Gasteiger partial charge is 0.503 e. The highest BCUT2D eigenvalue weighted by atomic mass is 16.6. The fraction of sp³-hybridized carbons (Fsp3) is 0.720. The van der Waals surface area contributed by atoms with E-state index in [0.717, 1.165) is 25.7 Å². The first-order valence-electron chi connectivity index (χ1n) is 12.1. The van der Waals surface area contributed by atoms with Crippen molar-refractivity contribution in [1.82, 2.24) is 10.3 Å². The van der Waals surface area contributed by atoms with Crippen LogP contribution in [0.15, 0.2) is 12.3 Å². The Labute approximate surface area is 196 Å². The van der Waals surface area contributed by atoms with Gasteiger partial charge in [0, 0.05) is 18.9 Å². The van der Waals surface area contributed by atoms with Crippen molar-refractivity contribution in [3.8, 4) is 11.5 Å². The maximum absolute atomic E-state index is 13.0. The van der Waals surface area contributed by atoms with Crippen LogP contribution in [0.1, 0.15) is 76.2 Å². The fourth-order valence-corrected chi connectivity index (χ4v) is 4.37. The van der Waals surface area contributed by atoms with Gasteiger partial charge in [-0.3, -0.25) is 4.79 Å². The van der Waals surface area contributed by atoms with Crippen molar-refractivity contribution < 1.29 is 28.9 Å². The van der Waals surface area contributed by atoms with Gasteiger partial charge in [-0.25, -0.2) is 9.78 Å². The van der Waals surface area contributed by atoms with E-state index in [1.165, 1.54) is 32.2 Å². The Kier molecular flexibility index (Phi) is 8.95. The molecule has 1 saturated heterocycles. The van der Waals surface area contributed by atoms with Crippen LogP contribution < -0.4 is 10.1 Å². The molecule has 0 aromatic carbocycles. The Morgan fingerprint density at radius 1 is 1.30 bits per heavy atom. The third kappa shape index (κ3) is 7.06. The molecule has 1 amide bonds. The Morgan fingerprint density at radius 2 is 2.06 bits per heavy atom. The summed E-state index contributed by atoms with van der Waals surface area (Å²) in [5.74, 6) is 0.179. The number of aromatic nitrogens is 1. The van der Waals surface area contributed by atoms with E-state index in [2.05, 4.69) is 24.1 Å². The van der Waals surface area contributed by atoms with E-state index in [0.29, 0.717) is 30.8 Å². The summed E-state index contributed by atoms with van der Waals surface area (Å²) < 4.78 is 17.2. The summed E-state index contributed by atoms with van der Waals surface area (Å²) in [4.78, 5) is 29.7. The van der Waals surface area contributed by atoms with Crippen LogP contribution in [-0.4, -0.2) is 53.9 Å². The van der Waals surface area contributed by atoms with Crippen molar-refractivity contribution in [2.75, 3.05) is 13.7 Å². The molecule has 8 heteroatoms. The van der Waals surface area contributed by atoms with E-state index in [1.54, 1.807) is 0 Å². The van der Waals surface area contributed by atoms with Gasteiger partial charge in [0.25, 0.3) is 5.91 Å². The van der Waals surface area contributed by atoms with E-state index in [9.17, 15) is 14.7 Å². The highest BCUT2D eigenvalue weighted by Crippen LogP contribution is 2.33. The standard InChI is InChI=1S/C25H38N2O6/c1-15(2)8-11-18-6-5-7-19(25(30)33-16(3)23(18)32-14-17-9-10-17)27-24(29)21-22(28)20(31-4)12-13-26-21/h12-13,15-19,23,28H,5-11,14H2,1-4H3,(H,27,29). The summed E-state index contributed by atoms with van der Waals surface area (Å²) in [7, 11) is 1.39. The van der Waals surface area contributed by atoms with Crippen LogP contribution in [-0.2, 0) is 14.3 Å². The van der Waals surface area contributed by atoms with Gasteiger partial charge >= 0.3 is 5.97 Å². The van der Waals surface area contributed by atoms with E-state index in [-0.39, 0.29) is 23.3 Å². The topological polar surface area (TPSA) is 107 Å². The third-order valence-corrected chi connectivity index (χ3v) is 6.55. The average Bonchev–Trinajstić information content (AvgIpc) is 3.59. The van der Waals surface area contributed by atoms with Gasteiger partial charge in [-0.1, -0.05) is 26.7 Å². The van der Waals surface area contributed by atoms with Crippen molar-refractivity contribution in [3.63, 3.8) is 0 Å². The summed E-state index contributed by atoms with van der Waals surface area (Å²) in [6.45, 7) is 7.03. The van der Waals surface area contributed by atoms with Gasteiger partial charge in [0.2, 0.25) is 0 Å². The number of pyridine rings is 1. The molecule has 0 spiro atoms. The summed E-state index contributed by atoms with van der Waals surface area (Å²) in [5.41, 5.74) is -0.185. The van der Waals surface area contributed by atoms with Gasteiger partial charge in [-0.15, -0.1) is 0 Å². The van der Waals surface area contributed by atoms with Crippen LogP contribution in [0.5, 0.6) is 11.5 Å². The number of amides is 1. The average molecular weight is 463 g/mol. The minimum Gasteiger partial charge on any atom is -0.503 e. The van der Waals surface area contributed by atoms with E-state index >= 15 is 0 Å². The van der Waals surface area contributed by atoms with Crippen molar-refractivity contribution in [3.05, 3.63) is 18.0 Å². The smallest absolute Gasteiger partial charge is 0.329 e. The van der Waals surface area contributed by atoms with Crippen LogP contribution >= 0.6 is 0 Å². The minimum atomic E-state index is -0.819. The molecule has 2 N–H and O–H groups in total. The number of nitrogens with one attached hydrogen (secondary N) is 1. The van der Waals surface area contributed by atoms with Crippen LogP contribution in [0.2, 0.25) is 0 Å². The van der Waals surface area contributed by atoms with Gasteiger partial charge < -0.3 is 24.6 Å². The minimum absolute atomic E-state index is 0.143. The van der Waals surface area contributed by atoms with Crippen molar-refractivity contribution in [1.29, 1.82) is 0 Å². The van der Waals surface area contributed by atoms with Gasteiger partial charge in [-0.2, -0.15) is 0 Å². The number of rotatable bonds is 9. The molecule has 4 atom stereocenters. The molecular weight excluding hydrogens is 424 g/mol. The molecule has 3 rings (SSSR count). The SMILES string of the molecule is COc1ccnc(C(=O)NC2CCCC(CCC(C)C)C(OCC3CC3)C(C)OC2=O)c1O. The second kappa shape index (κ2) is 11.7. The summed E-state index contributed by atoms with van der Waals surface area (Å²) in [6.07, 6.45) is 7.46. The number of hydrogen-bond acceptors (Lipinski definition) is 7. The monoisotopic (exact) mass is 462 g/mol. The third-order valence-electron chi connectivity index (χ3n) is 6.55. The maximum atomic E-state index is 13.0. The van der Waals surface area contributed by atoms with Gasteiger partial charge in [-0.05, 0) is 56.8 Å². The summed E-state index contributed by atoms with van der Waals surface area (Å²) in [5, 5.41) is 12.9. The molecule has 8 nitrogen and oxygen atoms in total. The highest BCUT2D eigenvalue weighted by molar-refractivity contribution is 5.97. The van der Waals surface area contributed by atoms with Gasteiger partial charge in [0.05, 0.1) is 13.2 Å². The van der Waals surface area contributed by atoms with Gasteiger partial charge in [0.15, 0.2) is 17.2 Å².